The number of halogens is 2. The van der Waals surface area contributed by atoms with Gasteiger partial charge >= 0.3 is 0 Å². The molecule has 2 aromatic heterocycles. The van der Waals surface area contributed by atoms with Crippen LogP contribution in [0.2, 0.25) is 10.0 Å². The number of carbonyl (C=O) groups excluding carboxylic acids is 1. The highest BCUT2D eigenvalue weighted by atomic mass is 35.5. The number of rotatable bonds is 3. The molecule has 0 saturated heterocycles. The Bertz CT molecular complexity index is 1080. The second-order valence-electron chi connectivity index (χ2n) is 5.40. The van der Waals surface area contributed by atoms with Gasteiger partial charge in [0.25, 0.3) is 0 Å². The van der Waals surface area contributed by atoms with Crippen LogP contribution >= 0.6 is 46.3 Å². The minimum absolute atomic E-state index is 0.214. The number of hydrogen-bond donors (Lipinski definition) is 0. The Labute approximate surface area is 167 Å². The van der Waals surface area contributed by atoms with Crippen LogP contribution in [-0.4, -0.2) is 15.3 Å². The maximum atomic E-state index is 12.9. The van der Waals surface area contributed by atoms with Crippen molar-refractivity contribution < 1.29 is 9.32 Å². The molecule has 4 aromatic rings. The van der Waals surface area contributed by atoms with E-state index in [1.165, 1.54) is 11.3 Å². The lowest BCUT2D eigenvalue weighted by atomic mass is 10.1. The first-order chi connectivity index (χ1) is 12.5. The van der Waals surface area contributed by atoms with Crippen LogP contribution in [0.15, 0.2) is 51.3 Å². The fourth-order valence-corrected chi connectivity index (χ4v) is 5.11. The van der Waals surface area contributed by atoms with Gasteiger partial charge in [0.1, 0.15) is 11.5 Å². The molecule has 130 valence electrons. The summed E-state index contributed by atoms with van der Waals surface area (Å²) in [5, 5.41) is 4.62. The van der Waals surface area contributed by atoms with Crippen LogP contribution in [0.3, 0.4) is 0 Å². The molecular weight excluding hydrogens is 411 g/mol. The van der Waals surface area contributed by atoms with Crippen molar-refractivity contribution in [3.8, 4) is 11.3 Å². The molecule has 0 fully saturated rings. The minimum atomic E-state index is -0.214. The van der Waals surface area contributed by atoms with Crippen molar-refractivity contribution in [3.63, 3.8) is 0 Å². The number of nitrogens with zero attached hydrogens (tertiary/aromatic N) is 2. The second-order valence-corrected chi connectivity index (χ2v) is 8.46. The molecule has 0 radical (unpaired) electrons. The smallest absolute Gasteiger partial charge is 0.232 e. The first-order valence-corrected chi connectivity index (χ1v) is 9.92. The van der Waals surface area contributed by atoms with Crippen LogP contribution in [0.5, 0.6) is 0 Å². The van der Waals surface area contributed by atoms with Gasteiger partial charge in [-0.1, -0.05) is 46.6 Å². The highest BCUT2D eigenvalue weighted by molar-refractivity contribution is 8.15. The van der Waals surface area contributed by atoms with Crippen LogP contribution in [0.25, 0.3) is 21.5 Å². The van der Waals surface area contributed by atoms with Crippen molar-refractivity contribution in [3.05, 3.63) is 63.8 Å². The molecule has 0 aliphatic rings. The number of aromatic nitrogens is 2. The van der Waals surface area contributed by atoms with Gasteiger partial charge in [0.05, 0.1) is 25.8 Å². The van der Waals surface area contributed by atoms with Crippen molar-refractivity contribution >= 4 is 61.6 Å². The average molecular weight is 421 g/mol. The standard InChI is InChI=1S/C18H10Cl2N2O2S2/c1-9-14(16(22-24-9)15-10(19)5-4-6-11(15)20)17(23)26-18-21-12-7-2-3-8-13(12)25-18/h2-8H,1H3. The van der Waals surface area contributed by atoms with Crippen LogP contribution in [0, 0.1) is 6.92 Å². The predicted molar refractivity (Wildman–Crippen MR) is 107 cm³/mol. The van der Waals surface area contributed by atoms with Crippen molar-refractivity contribution in [2.45, 2.75) is 11.3 Å². The fourth-order valence-electron chi connectivity index (χ4n) is 2.53. The number of aryl methyl sites for hydroxylation is 1. The highest BCUT2D eigenvalue weighted by Gasteiger charge is 2.26. The molecule has 0 aliphatic carbocycles. The van der Waals surface area contributed by atoms with E-state index in [1.54, 1.807) is 25.1 Å². The quantitative estimate of drug-likeness (QED) is 0.354. The van der Waals surface area contributed by atoms with Crippen molar-refractivity contribution in [2.75, 3.05) is 0 Å². The Hall–Kier alpha value is -1.86. The summed E-state index contributed by atoms with van der Waals surface area (Å²) in [5.74, 6) is 0.412. The monoisotopic (exact) mass is 420 g/mol. The van der Waals surface area contributed by atoms with E-state index in [0.717, 1.165) is 22.0 Å². The zero-order valence-corrected chi connectivity index (χ0v) is 16.5. The van der Waals surface area contributed by atoms with E-state index >= 15 is 0 Å². The zero-order chi connectivity index (χ0) is 18.3. The lowest BCUT2D eigenvalue weighted by Crippen LogP contribution is -1.97. The average Bonchev–Trinajstić information content (AvgIpc) is 3.17. The van der Waals surface area contributed by atoms with Gasteiger partial charge in [0, 0.05) is 5.56 Å². The summed E-state index contributed by atoms with van der Waals surface area (Å²) in [6, 6.07) is 12.9. The summed E-state index contributed by atoms with van der Waals surface area (Å²) in [5.41, 5.74) is 2.05. The molecule has 0 atom stereocenters. The molecule has 0 saturated carbocycles. The van der Waals surface area contributed by atoms with Crippen molar-refractivity contribution in [1.82, 2.24) is 10.1 Å². The molecule has 0 spiro atoms. The maximum Gasteiger partial charge on any atom is 0.232 e. The van der Waals surface area contributed by atoms with Gasteiger partial charge < -0.3 is 4.52 Å². The number of fused-ring (bicyclic) bond motifs is 1. The third-order valence-corrected chi connectivity index (χ3v) is 6.34. The van der Waals surface area contributed by atoms with Crippen LogP contribution in [-0.2, 0) is 0 Å². The lowest BCUT2D eigenvalue weighted by Gasteiger charge is -2.05. The fraction of sp³-hybridized carbons (Fsp3) is 0.0556. The Morgan fingerprint density at radius 3 is 2.58 bits per heavy atom. The van der Waals surface area contributed by atoms with E-state index in [9.17, 15) is 4.79 Å². The Morgan fingerprint density at radius 2 is 1.85 bits per heavy atom. The summed E-state index contributed by atoms with van der Waals surface area (Å²) >= 11 is 15.0. The summed E-state index contributed by atoms with van der Waals surface area (Å²) < 4.78 is 6.95. The number of carbonyl (C=O) groups is 1. The van der Waals surface area contributed by atoms with Crippen LogP contribution < -0.4 is 0 Å². The minimum Gasteiger partial charge on any atom is -0.360 e. The number of hydrogen-bond acceptors (Lipinski definition) is 6. The molecule has 4 rings (SSSR count). The largest absolute Gasteiger partial charge is 0.360 e. The lowest BCUT2D eigenvalue weighted by molar-refractivity contribution is 0.108. The summed E-state index contributed by atoms with van der Waals surface area (Å²) in [6.45, 7) is 1.69. The van der Waals surface area contributed by atoms with E-state index in [0.29, 0.717) is 37.0 Å². The van der Waals surface area contributed by atoms with Crippen molar-refractivity contribution in [1.29, 1.82) is 0 Å². The topological polar surface area (TPSA) is 56.0 Å². The molecule has 2 heterocycles. The predicted octanol–water partition coefficient (Wildman–Crippen LogP) is 6.50. The first-order valence-electron chi connectivity index (χ1n) is 7.53. The Balaban J connectivity index is 1.74. The molecule has 2 aromatic carbocycles. The van der Waals surface area contributed by atoms with Gasteiger partial charge in [-0.3, -0.25) is 4.79 Å². The molecule has 0 aliphatic heterocycles. The molecule has 0 N–H and O–H groups in total. The number of thioether (sulfide) groups is 1. The van der Waals surface area contributed by atoms with E-state index in [4.69, 9.17) is 27.7 Å². The molecule has 4 nitrogen and oxygen atoms in total. The molecule has 8 heteroatoms. The van der Waals surface area contributed by atoms with E-state index in [-0.39, 0.29) is 5.12 Å². The SMILES string of the molecule is Cc1onc(-c2c(Cl)cccc2Cl)c1C(=O)Sc1nc2ccccc2s1. The molecule has 0 unspecified atom stereocenters. The molecule has 0 amide bonds. The van der Waals surface area contributed by atoms with Crippen LogP contribution in [0.1, 0.15) is 16.1 Å². The van der Waals surface area contributed by atoms with Gasteiger partial charge in [-0.05, 0) is 43.0 Å². The van der Waals surface area contributed by atoms with Gasteiger partial charge in [0.15, 0.2) is 4.34 Å². The zero-order valence-electron chi connectivity index (χ0n) is 13.3. The number of benzene rings is 2. The van der Waals surface area contributed by atoms with Crippen LogP contribution in [0.4, 0.5) is 0 Å². The Kier molecular flexibility index (Phi) is 4.75. The van der Waals surface area contributed by atoms with E-state index < -0.39 is 0 Å². The summed E-state index contributed by atoms with van der Waals surface area (Å²) in [7, 11) is 0. The molecule has 26 heavy (non-hydrogen) atoms. The highest BCUT2D eigenvalue weighted by Crippen LogP contribution is 2.39. The molecular formula is C18H10Cl2N2O2S2. The molecule has 0 bridgehead atoms. The van der Waals surface area contributed by atoms with Gasteiger partial charge in [-0.2, -0.15) is 0 Å². The number of thiazole rings is 1. The third-order valence-electron chi connectivity index (χ3n) is 3.72. The van der Waals surface area contributed by atoms with Crippen molar-refractivity contribution in [2.24, 2.45) is 0 Å². The first kappa shape index (κ1) is 17.5. The Morgan fingerprint density at radius 1 is 1.12 bits per heavy atom. The van der Waals surface area contributed by atoms with E-state index in [1.807, 2.05) is 24.3 Å². The van der Waals surface area contributed by atoms with Gasteiger partial charge in [-0.25, -0.2) is 4.98 Å². The number of para-hydroxylation sites is 1. The summed E-state index contributed by atoms with van der Waals surface area (Å²) in [6.07, 6.45) is 0. The second kappa shape index (κ2) is 7.04. The maximum absolute atomic E-state index is 12.9. The normalized spacial score (nSPS) is 11.2. The summed E-state index contributed by atoms with van der Waals surface area (Å²) in [4.78, 5) is 17.4. The van der Waals surface area contributed by atoms with Gasteiger partial charge in [-0.15, -0.1) is 11.3 Å². The third kappa shape index (κ3) is 3.14. The van der Waals surface area contributed by atoms with Gasteiger partial charge in [0.2, 0.25) is 5.12 Å². The van der Waals surface area contributed by atoms with E-state index in [2.05, 4.69) is 10.1 Å².